The van der Waals surface area contributed by atoms with Crippen molar-refractivity contribution in [3.8, 4) is 11.3 Å². The number of halogens is 1. The maximum Gasteiger partial charge on any atom is 0.339 e. The third-order valence-corrected chi connectivity index (χ3v) is 8.89. The van der Waals surface area contributed by atoms with Crippen molar-refractivity contribution < 1.29 is 23.9 Å². The predicted octanol–water partition coefficient (Wildman–Crippen LogP) is 7.30. The van der Waals surface area contributed by atoms with E-state index in [2.05, 4.69) is 6.92 Å². The number of hydrogen-bond acceptors (Lipinski definition) is 6. The quantitative estimate of drug-likeness (QED) is 0.127. The van der Waals surface area contributed by atoms with Gasteiger partial charge < -0.3 is 4.74 Å². The summed E-state index contributed by atoms with van der Waals surface area (Å²) in [6.45, 7) is 3.92. The van der Waals surface area contributed by atoms with Crippen molar-refractivity contribution in [3.63, 3.8) is 0 Å². The van der Waals surface area contributed by atoms with Gasteiger partial charge in [0.2, 0.25) is 17.6 Å². The molecule has 2 aliphatic rings. The summed E-state index contributed by atoms with van der Waals surface area (Å²) in [5.74, 6) is -1.28. The Morgan fingerprint density at radius 1 is 0.953 bits per heavy atom. The molecule has 8 heteroatoms. The van der Waals surface area contributed by atoms with E-state index in [9.17, 15) is 19.2 Å². The summed E-state index contributed by atoms with van der Waals surface area (Å²) < 4.78 is 5.76. The maximum atomic E-state index is 13.6. The van der Waals surface area contributed by atoms with Crippen LogP contribution in [0, 0.1) is 17.8 Å². The van der Waals surface area contributed by atoms with E-state index in [4.69, 9.17) is 21.3 Å². The average molecular weight is 595 g/mol. The molecule has 4 atom stereocenters. The van der Waals surface area contributed by atoms with Crippen molar-refractivity contribution in [2.75, 3.05) is 4.90 Å². The number of pyridine rings is 1. The van der Waals surface area contributed by atoms with Gasteiger partial charge in [-0.15, -0.1) is 0 Å². The van der Waals surface area contributed by atoms with Gasteiger partial charge in [-0.2, -0.15) is 0 Å². The van der Waals surface area contributed by atoms with Crippen LogP contribution in [-0.2, 0) is 14.3 Å². The van der Waals surface area contributed by atoms with E-state index in [1.807, 2.05) is 6.07 Å². The fourth-order valence-corrected chi connectivity index (χ4v) is 6.48. The summed E-state index contributed by atoms with van der Waals surface area (Å²) in [5.41, 5.74) is 2.76. The molecular formula is C35H31ClN2O5. The van der Waals surface area contributed by atoms with Crippen molar-refractivity contribution in [1.29, 1.82) is 0 Å². The molecule has 1 saturated heterocycles. The molecular weight excluding hydrogens is 564 g/mol. The highest BCUT2D eigenvalue weighted by Gasteiger charge is 2.49. The molecule has 6 rings (SSSR count). The van der Waals surface area contributed by atoms with E-state index in [0.717, 1.165) is 19.3 Å². The second kappa shape index (κ2) is 11.7. The number of Topliss-reactive ketones (excluding diaryl/α,β-unsaturated/α-hetero) is 1. The largest absolute Gasteiger partial charge is 0.450 e. The Balaban J connectivity index is 1.32. The molecule has 7 nitrogen and oxygen atoms in total. The van der Waals surface area contributed by atoms with Gasteiger partial charge in [0.15, 0.2) is 6.10 Å². The summed E-state index contributed by atoms with van der Waals surface area (Å²) >= 11 is 6.52. The topological polar surface area (TPSA) is 93.6 Å². The Labute approximate surface area is 254 Å². The van der Waals surface area contributed by atoms with E-state index in [1.165, 1.54) is 4.90 Å². The lowest BCUT2D eigenvalue weighted by Gasteiger charge is -2.25. The smallest absolute Gasteiger partial charge is 0.339 e. The first-order chi connectivity index (χ1) is 20.8. The number of rotatable bonds is 7. The number of carbonyl (C=O) groups excluding carboxylic acids is 4. The third-order valence-electron chi connectivity index (χ3n) is 8.59. The molecule has 1 saturated carbocycles. The Morgan fingerprint density at radius 3 is 2.40 bits per heavy atom. The first-order valence-electron chi connectivity index (χ1n) is 14.6. The summed E-state index contributed by atoms with van der Waals surface area (Å²) in [6, 6.07) is 22.5. The number of imide groups is 1. The average Bonchev–Trinajstić information content (AvgIpc) is 3.27. The van der Waals surface area contributed by atoms with Gasteiger partial charge in [0, 0.05) is 16.5 Å². The van der Waals surface area contributed by atoms with Crippen molar-refractivity contribution in [2.45, 2.75) is 45.6 Å². The number of esters is 1. The van der Waals surface area contributed by atoms with Crippen LogP contribution in [0.5, 0.6) is 0 Å². The summed E-state index contributed by atoms with van der Waals surface area (Å²) in [4.78, 5) is 59.1. The van der Waals surface area contributed by atoms with Crippen molar-refractivity contribution in [3.05, 3.63) is 95.0 Å². The normalized spacial score (nSPS) is 20.6. The first kappa shape index (κ1) is 28.7. The SMILES string of the molecule is CCC(OC(=O)c1cc(-c2ccc(N3C(=O)C4CCC(C)CC4C3=O)cc2)nc2c(Cl)cccc12)C(=O)c1ccccc1. The van der Waals surface area contributed by atoms with E-state index >= 15 is 0 Å². The minimum atomic E-state index is -0.956. The van der Waals surface area contributed by atoms with Crippen LogP contribution in [0.25, 0.3) is 22.2 Å². The zero-order valence-electron chi connectivity index (χ0n) is 24.0. The highest BCUT2D eigenvalue weighted by Crippen LogP contribution is 2.42. The molecule has 4 aromatic rings. The number of ketones is 1. The number of para-hydroxylation sites is 1. The minimum Gasteiger partial charge on any atom is -0.450 e. The van der Waals surface area contributed by atoms with Crippen LogP contribution in [0.1, 0.15) is 60.2 Å². The molecule has 4 unspecified atom stereocenters. The van der Waals surface area contributed by atoms with Crippen molar-refractivity contribution in [2.24, 2.45) is 17.8 Å². The maximum absolute atomic E-state index is 13.6. The fraction of sp³-hybridized carbons (Fsp3) is 0.286. The number of anilines is 1. The van der Waals surface area contributed by atoms with E-state index in [-0.39, 0.29) is 35.0 Å². The predicted molar refractivity (Wildman–Crippen MR) is 165 cm³/mol. The molecule has 43 heavy (non-hydrogen) atoms. The number of ether oxygens (including phenoxy) is 1. The third kappa shape index (κ3) is 5.34. The molecule has 0 bridgehead atoms. The zero-order chi connectivity index (χ0) is 30.2. The molecule has 0 N–H and O–H groups in total. The van der Waals surface area contributed by atoms with Gasteiger partial charge in [-0.25, -0.2) is 9.78 Å². The lowest BCUT2D eigenvalue weighted by atomic mass is 9.76. The molecule has 1 aliphatic carbocycles. The van der Waals surface area contributed by atoms with Crippen LogP contribution in [0.4, 0.5) is 5.69 Å². The van der Waals surface area contributed by atoms with Gasteiger partial charge >= 0.3 is 5.97 Å². The number of fused-ring (bicyclic) bond motifs is 2. The van der Waals surface area contributed by atoms with Gasteiger partial charge in [0.05, 0.1) is 39.3 Å². The summed E-state index contributed by atoms with van der Waals surface area (Å²) in [5, 5.41) is 0.868. The van der Waals surface area contributed by atoms with Gasteiger partial charge in [0.25, 0.3) is 0 Å². The van der Waals surface area contributed by atoms with Crippen LogP contribution < -0.4 is 4.90 Å². The molecule has 3 aromatic carbocycles. The summed E-state index contributed by atoms with van der Waals surface area (Å²) in [6.07, 6.45) is 1.78. The van der Waals surface area contributed by atoms with Crippen LogP contribution in [-0.4, -0.2) is 34.7 Å². The molecule has 1 aromatic heterocycles. The number of benzene rings is 3. The highest BCUT2D eigenvalue weighted by atomic mass is 35.5. The second-order valence-corrected chi connectivity index (χ2v) is 11.8. The molecule has 1 aliphatic heterocycles. The molecule has 2 heterocycles. The van der Waals surface area contributed by atoms with Crippen LogP contribution in [0.2, 0.25) is 5.02 Å². The van der Waals surface area contributed by atoms with Gasteiger partial charge in [-0.05, 0) is 55.9 Å². The zero-order valence-corrected chi connectivity index (χ0v) is 24.7. The fourth-order valence-electron chi connectivity index (χ4n) is 6.26. The molecule has 0 radical (unpaired) electrons. The molecule has 2 amide bonds. The summed E-state index contributed by atoms with van der Waals surface area (Å²) in [7, 11) is 0. The number of amides is 2. The lowest BCUT2D eigenvalue weighted by molar-refractivity contribution is -0.122. The minimum absolute atomic E-state index is 0.133. The van der Waals surface area contributed by atoms with Crippen LogP contribution in [0.3, 0.4) is 0 Å². The standard InChI is InChI=1S/C35H31ClN2O5/c1-3-30(32(39)22-8-5-4-6-9-22)43-35(42)27-19-29(37-31-24(27)10-7-11-28(31)36)21-13-15-23(16-14-21)38-33(40)25-17-12-20(2)18-26(25)34(38)41/h4-11,13-16,19-20,25-26,30H,3,12,17-18H2,1-2H3. The molecule has 0 spiro atoms. The molecule has 218 valence electrons. The van der Waals surface area contributed by atoms with Gasteiger partial charge in [0.1, 0.15) is 0 Å². The van der Waals surface area contributed by atoms with Crippen molar-refractivity contribution in [1.82, 2.24) is 4.98 Å². The van der Waals surface area contributed by atoms with E-state index < -0.39 is 12.1 Å². The highest BCUT2D eigenvalue weighted by molar-refractivity contribution is 6.35. The van der Waals surface area contributed by atoms with Crippen LogP contribution in [0.15, 0.2) is 78.9 Å². The van der Waals surface area contributed by atoms with E-state index in [0.29, 0.717) is 50.8 Å². The lowest BCUT2D eigenvalue weighted by Crippen LogP contribution is -2.30. The second-order valence-electron chi connectivity index (χ2n) is 11.4. The van der Waals surface area contributed by atoms with Crippen molar-refractivity contribution >= 4 is 51.8 Å². The Bertz CT molecular complexity index is 1740. The number of carbonyl (C=O) groups is 4. The molecule has 2 fully saturated rings. The number of hydrogen-bond donors (Lipinski definition) is 0. The van der Waals surface area contributed by atoms with E-state index in [1.54, 1.807) is 79.7 Å². The van der Waals surface area contributed by atoms with Gasteiger partial charge in [-0.1, -0.05) is 80.0 Å². The van der Waals surface area contributed by atoms with Crippen LogP contribution >= 0.6 is 11.6 Å². The van der Waals surface area contributed by atoms with Gasteiger partial charge in [-0.3, -0.25) is 19.3 Å². The Kier molecular flexibility index (Phi) is 7.84. The number of nitrogens with zero attached hydrogens (tertiary/aromatic N) is 2. The Hall–Kier alpha value is -4.36. The monoisotopic (exact) mass is 594 g/mol. The Morgan fingerprint density at radius 2 is 1.67 bits per heavy atom. The first-order valence-corrected chi connectivity index (χ1v) is 15.0. The number of aromatic nitrogens is 1.